The smallest absolute Gasteiger partial charge is 0.108 e. The predicted octanol–water partition coefficient (Wildman–Crippen LogP) is -0.987. The van der Waals surface area contributed by atoms with E-state index in [0.29, 0.717) is 13.2 Å². The molecule has 18 heavy (non-hydrogen) atoms. The normalized spacial score (nSPS) is 25.0. The molecule has 1 heterocycles. The van der Waals surface area contributed by atoms with Gasteiger partial charge < -0.3 is 25.0 Å². The summed E-state index contributed by atoms with van der Waals surface area (Å²) in [7, 11) is 0. The highest BCUT2D eigenvalue weighted by molar-refractivity contribution is 4.85. The molecular formula is C12H26N2O4. The molecule has 0 aromatic carbocycles. The van der Waals surface area contributed by atoms with Crippen LogP contribution in [0, 0.1) is 0 Å². The highest BCUT2D eigenvalue weighted by Gasteiger charge is 2.31. The highest BCUT2D eigenvalue weighted by Crippen LogP contribution is 2.15. The van der Waals surface area contributed by atoms with Crippen molar-refractivity contribution in [2.24, 2.45) is 0 Å². The molecule has 0 aliphatic carbocycles. The van der Waals surface area contributed by atoms with Crippen molar-refractivity contribution in [2.45, 2.75) is 32.2 Å². The first-order valence-corrected chi connectivity index (χ1v) is 6.62. The van der Waals surface area contributed by atoms with Gasteiger partial charge in [-0.05, 0) is 13.8 Å². The molecule has 3 atom stereocenters. The standard InChI is InChI=1S/C12H26N2O4/c1-10(17-7-5-15)12-9-13-3-4-14(12)11(2)18-8-6-16/h10-13,15-16H,3-9H2,1-2H3. The van der Waals surface area contributed by atoms with Gasteiger partial charge in [0.1, 0.15) is 6.23 Å². The van der Waals surface area contributed by atoms with Crippen LogP contribution in [0.3, 0.4) is 0 Å². The van der Waals surface area contributed by atoms with Crippen molar-refractivity contribution in [1.82, 2.24) is 10.2 Å². The van der Waals surface area contributed by atoms with Crippen LogP contribution in [0.5, 0.6) is 0 Å². The Morgan fingerprint density at radius 2 is 1.89 bits per heavy atom. The van der Waals surface area contributed by atoms with Crippen LogP contribution >= 0.6 is 0 Å². The molecule has 1 rings (SSSR count). The molecule has 0 saturated carbocycles. The Morgan fingerprint density at radius 3 is 2.56 bits per heavy atom. The first-order valence-electron chi connectivity index (χ1n) is 6.62. The fourth-order valence-corrected chi connectivity index (χ4v) is 2.30. The number of piperazine rings is 1. The van der Waals surface area contributed by atoms with Crippen LogP contribution in [0.4, 0.5) is 0 Å². The number of hydrogen-bond acceptors (Lipinski definition) is 6. The van der Waals surface area contributed by atoms with Crippen molar-refractivity contribution in [3.8, 4) is 0 Å². The average Bonchev–Trinajstić information content (AvgIpc) is 2.42. The van der Waals surface area contributed by atoms with E-state index in [4.69, 9.17) is 19.7 Å². The largest absolute Gasteiger partial charge is 0.394 e. The van der Waals surface area contributed by atoms with E-state index in [1.807, 2.05) is 13.8 Å². The van der Waals surface area contributed by atoms with Crippen LogP contribution in [-0.4, -0.2) is 79.5 Å². The summed E-state index contributed by atoms with van der Waals surface area (Å²) in [6.45, 7) is 7.46. The number of aliphatic hydroxyl groups is 2. The van der Waals surface area contributed by atoms with Gasteiger partial charge in [-0.3, -0.25) is 4.90 Å². The summed E-state index contributed by atoms with van der Waals surface area (Å²) in [5.41, 5.74) is 0. The van der Waals surface area contributed by atoms with Crippen molar-refractivity contribution in [2.75, 3.05) is 46.1 Å². The summed E-state index contributed by atoms with van der Waals surface area (Å²) >= 11 is 0. The fourth-order valence-electron chi connectivity index (χ4n) is 2.30. The second-order valence-corrected chi connectivity index (χ2v) is 4.50. The first-order chi connectivity index (χ1) is 8.70. The molecule has 0 amide bonds. The van der Waals surface area contributed by atoms with Gasteiger partial charge in [0.2, 0.25) is 0 Å². The molecule has 1 aliphatic heterocycles. The zero-order chi connectivity index (χ0) is 13.4. The van der Waals surface area contributed by atoms with Gasteiger partial charge in [0.15, 0.2) is 0 Å². The molecule has 3 N–H and O–H groups in total. The van der Waals surface area contributed by atoms with E-state index >= 15 is 0 Å². The third kappa shape index (κ3) is 4.79. The zero-order valence-corrected chi connectivity index (χ0v) is 11.3. The van der Waals surface area contributed by atoms with Crippen LogP contribution in [0.25, 0.3) is 0 Å². The molecule has 1 saturated heterocycles. The van der Waals surface area contributed by atoms with Gasteiger partial charge in [-0.2, -0.15) is 0 Å². The summed E-state index contributed by atoms with van der Waals surface area (Å²) in [4.78, 5) is 2.24. The molecule has 0 radical (unpaired) electrons. The molecule has 1 aliphatic rings. The lowest BCUT2D eigenvalue weighted by molar-refractivity contribution is -0.114. The third-order valence-corrected chi connectivity index (χ3v) is 3.26. The number of rotatable bonds is 8. The van der Waals surface area contributed by atoms with Crippen LogP contribution in [0.15, 0.2) is 0 Å². The second kappa shape index (κ2) is 8.79. The Bertz CT molecular complexity index is 196. The lowest BCUT2D eigenvalue weighted by Crippen LogP contribution is -2.59. The molecule has 108 valence electrons. The van der Waals surface area contributed by atoms with Crippen LogP contribution < -0.4 is 5.32 Å². The maximum atomic E-state index is 8.80. The second-order valence-electron chi connectivity index (χ2n) is 4.50. The molecular weight excluding hydrogens is 236 g/mol. The molecule has 0 bridgehead atoms. The van der Waals surface area contributed by atoms with Crippen molar-refractivity contribution < 1.29 is 19.7 Å². The Labute approximate surface area is 109 Å². The van der Waals surface area contributed by atoms with Gasteiger partial charge >= 0.3 is 0 Å². The number of ether oxygens (including phenoxy) is 2. The van der Waals surface area contributed by atoms with Crippen LogP contribution in [-0.2, 0) is 9.47 Å². The maximum Gasteiger partial charge on any atom is 0.108 e. The Balaban J connectivity index is 2.49. The monoisotopic (exact) mass is 262 g/mol. The van der Waals surface area contributed by atoms with Gasteiger partial charge in [-0.1, -0.05) is 0 Å². The SMILES string of the molecule is CC(OCCO)C1CNCCN1C(C)OCCO. The van der Waals surface area contributed by atoms with Gasteiger partial charge in [0.25, 0.3) is 0 Å². The van der Waals surface area contributed by atoms with E-state index < -0.39 is 0 Å². The summed E-state index contributed by atoms with van der Waals surface area (Å²) in [5.74, 6) is 0. The van der Waals surface area contributed by atoms with Crippen LogP contribution in [0.1, 0.15) is 13.8 Å². The van der Waals surface area contributed by atoms with Crippen molar-refractivity contribution in [3.63, 3.8) is 0 Å². The fraction of sp³-hybridized carbons (Fsp3) is 1.00. The predicted molar refractivity (Wildman–Crippen MR) is 68.4 cm³/mol. The van der Waals surface area contributed by atoms with E-state index in [1.165, 1.54) is 0 Å². The van der Waals surface area contributed by atoms with E-state index in [2.05, 4.69) is 10.2 Å². The van der Waals surface area contributed by atoms with Gasteiger partial charge in [0.05, 0.1) is 38.6 Å². The minimum Gasteiger partial charge on any atom is -0.394 e. The third-order valence-electron chi connectivity index (χ3n) is 3.26. The van der Waals surface area contributed by atoms with Crippen molar-refractivity contribution in [1.29, 1.82) is 0 Å². The highest BCUT2D eigenvalue weighted by atomic mass is 16.5. The average molecular weight is 262 g/mol. The Morgan fingerprint density at radius 1 is 1.22 bits per heavy atom. The lowest BCUT2D eigenvalue weighted by atomic mass is 10.1. The summed E-state index contributed by atoms with van der Waals surface area (Å²) in [6, 6.07) is 0.221. The quantitative estimate of drug-likeness (QED) is 0.522. The Kier molecular flexibility index (Phi) is 7.73. The lowest BCUT2D eigenvalue weighted by Gasteiger charge is -2.42. The molecule has 1 fully saturated rings. The zero-order valence-electron chi connectivity index (χ0n) is 11.3. The number of aliphatic hydroxyl groups excluding tert-OH is 2. The minimum atomic E-state index is -0.0376. The topological polar surface area (TPSA) is 74.2 Å². The molecule has 3 unspecified atom stereocenters. The molecule has 0 aromatic rings. The van der Waals surface area contributed by atoms with Gasteiger partial charge in [-0.25, -0.2) is 0 Å². The maximum absolute atomic E-state index is 8.80. The van der Waals surface area contributed by atoms with E-state index in [-0.39, 0.29) is 31.6 Å². The molecule has 6 heteroatoms. The molecule has 0 aromatic heterocycles. The summed E-state index contributed by atoms with van der Waals surface area (Å²) in [5, 5.41) is 20.9. The number of nitrogens with one attached hydrogen (secondary N) is 1. The Hall–Kier alpha value is -0.240. The number of hydrogen-bond donors (Lipinski definition) is 3. The molecule has 6 nitrogen and oxygen atoms in total. The minimum absolute atomic E-state index is 0.0325. The van der Waals surface area contributed by atoms with E-state index in [9.17, 15) is 0 Å². The van der Waals surface area contributed by atoms with Crippen molar-refractivity contribution >= 4 is 0 Å². The summed E-state index contributed by atoms with van der Waals surface area (Å²) < 4.78 is 11.1. The van der Waals surface area contributed by atoms with Crippen molar-refractivity contribution in [3.05, 3.63) is 0 Å². The van der Waals surface area contributed by atoms with Crippen LogP contribution in [0.2, 0.25) is 0 Å². The first kappa shape index (κ1) is 15.8. The van der Waals surface area contributed by atoms with Gasteiger partial charge in [-0.15, -0.1) is 0 Å². The number of nitrogens with zero attached hydrogens (tertiary/aromatic N) is 1. The van der Waals surface area contributed by atoms with E-state index in [1.54, 1.807) is 0 Å². The summed E-state index contributed by atoms with van der Waals surface area (Å²) in [6.07, 6.45) is -0.00504. The van der Waals surface area contributed by atoms with Gasteiger partial charge in [0, 0.05) is 19.6 Å². The van der Waals surface area contributed by atoms with E-state index in [0.717, 1.165) is 19.6 Å². The molecule has 0 spiro atoms.